The van der Waals surface area contributed by atoms with Gasteiger partial charge in [-0.25, -0.2) is 0 Å². The number of hydrogen-bond acceptors (Lipinski definition) is 3. The van der Waals surface area contributed by atoms with Crippen molar-refractivity contribution in [3.63, 3.8) is 0 Å². The topological polar surface area (TPSA) is 49.8 Å². The van der Waals surface area contributed by atoms with Crippen molar-refractivity contribution in [2.75, 3.05) is 13.6 Å². The Hall–Kier alpha value is -2.04. The van der Waals surface area contributed by atoms with E-state index in [2.05, 4.69) is 0 Å². The highest BCUT2D eigenvalue weighted by molar-refractivity contribution is 6.31. The third-order valence-electron chi connectivity index (χ3n) is 3.71. The molecule has 24 heavy (non-hydrogen) atoms. The fraction of sp³-hybridized carbons (Fsp3) is 0.316. The molecule has 0 bridgehead atoms. The summed E-state index contributed by atoms with van der Waals surface area (Å²) < 4.78 is 5.97. The van der Waals surface area contributed by atoms with Crippen LogP contribution in [0.2, 0.25) is 5.02 Å². The van der Waals surface area contributed by atoms with Crippen LogP contribution in [-0.2, 0) is 17.9 Å². The van der Waals surface area contributed by atoms with E-state index in [1.165, 1.54) is 0 Å². The van der Waals surface area contributed by atoms with Crippen molar-refractivity contribution in [1.82, 2.24) is 4.90 Å². The molecular weight excluding hydrogens is 326 g/mol. The first-order valence-corrected chi connectivity index (χ1v) is 8.11. The zero-order valence-electron chi connectivity index (χ0n) is 14.2. The van der Waals surface area contributed by atoms with Crippen LogP contribution >= 0.6 is 11.6 Å². The first-order valence-electron chi connectivity index (χ1n) is 7.73. The molecule has 2 aromatic carbocycles. The van der Waals surface area contributed by atoms with Gasteiger partial charge in [0, 0.05) is 17.1 Å². The minimum atomic E-state index is -0.828. The summed E-state index contributed by atoms with van der Waals surface area (Å²) in [4.78, 5) is 12.5. The van der Waals surface area contributed by atoms with Gasteiger partial charge in [0.05, 0.1) is 6.54 Å². The van der Waals surface area contributed by atoms with E-state index in [4.69, 9.17) is 21.4 Å². The number of carboxylic acid groups (broad SMARTS) is 1. The predicted molar refractivity (Wildman–Crippen MR) is 95.7 cm³/mol. The number of benzene rings is 2. The highest BCUT2D eigenvalue weighted by Crippen LogP contribution is 2.27. The van der Waals surface area contributed by atoms with E-state index in [-0.39, 0.29) is 6.54 Å². The SMILES string of the molecule is Cc1cc(CN(C)CC(=O)O)cc(C)c1OCc1ccccc1Cl. The smallest absolute Gasteiger partial charge is 0.317 e. The summed E-state index contributed by atoms with van der Waals surface area (Å²) in [6, 6.07) is 11.7. The maximum absolute atomic E-state index is 10.8. The van der Waals surface area contributed by atoms with Gasteiger partial charge in [0.25, 0.3) is 0 Å². The summed E-state index contributed by atoms with van der Waals surface area (Å²) in [7, 11) is 1.79. The van der Waals surface area contributed by atoms with Gasteiger partial charge in [-0.05, 0) is 43.7 Å². The van der Waals surface area contributed by atoms with Gasteiger partial charge in [-0.2, -0.15) is 0 Å². The van der Waals surface area contributed by atoms with Gasteiger partial charge in [-0.1, -0.05) is 41.9 Å². The molecule has 0 saturated carbocycles. The second-order valence-corrected chi connectivity index (χ2v) is 6.41. The molecule has 128 valence electrons. The lowest BCUT2D eigenvalue weighted by atomic mass is 10.1. The van der Waals surface area contributed by atoms with Crippen LogP contribution in [0.5, 0.6) is 5.75 Å². The molecule has 0 saturated heterocycles. The Morgan fingerprint density at radius 2 is 1.83 bits per heavy atom. The molecule has 0 atom stereocenters. The fourth-order valence-corrected chi connectivity index (χ4v) is 2.91. The molecular formula is C19H22ClNO3. The van der Waals surface area contributed by atoms with Crippen LogP contribution in [0.1, 0.15) is 22.3 Å². The Balaban J connectivity index is 2.09. The first kappa shape index (κ1) is 18.3. The van der Waals surface area contributed by atoms with E-state index in [0.717, 1.165) is 28.0 Å². The second-order valence-electron chi connectivity index (χ2n) is 6.00. The van der Waals surface area contributed by atoms with E-state index < -0.39 is 5.97 Å². The maximum atomic E-state index is 10.8. The molecule has 0 amide bonds. The van der Waals surface area contributed by atoms with Gasteiger partial charge in [-0.3, -0.25) is 9.69 Å². The molecule has 0 aliphatic rings. The van der Waals surface area contributed by atoms with Crippen molar-refractivity contribution in [3.05, 3.63) is 63.7 Å². The zero-order valence-corrected chi connectivity index (χ0v) is 14.9. The van der Waals surface area contributed by atoms with Crippen LogP contribution in [0, 0.1) is 13.8 Å². The highest BCUT2D eigenvalue weighted by atomic mass is 35.5. The van der Waals surface area contributed by atoms with E-state index in [0.29, 0.717) is 18.2 Å². The normalized spacial score (nSPS) is 10.9. The summed E-state index contributed by atoms with van der Waals surface area (Å²) in [6.45, 7) is 5.01. The summed E-state index contributed by atoms with van der Waals surface area (Å²) in [5.74, 6) is 0.0187. The minimum Gasteiger partial charge on any atom is -0.488 e. The van der Waals surface area contributed by atoms with Gasteiger partial charge in [0.1, 0.15) is 12.4 Å². The van der Waals surface area contributed by atoms with Gasteiger partial charge in [0.15, 0.2) is 0 Å². The molecule has 0 heterocycles. The predicted octanol–water partition coefficient (Wildman–Crippen LogP) is 4.05. The Morgan fingerprint density at radius 3 is 2.42 bits per heavy atom. The number of ether oxygens (including phenoxy) is 1. The number of carbonyl (C=O) groups is 1. The number of nitrogens with zero attached hydrogens (tertiary/aromatic N) is 1. The average molecular weight is 348 g/mol. The lowest BCUT2D eigenvalue weighted by Crippen LogP contribution is -2.25. The van der Waals surface area contributed by atoms with E-state index in [1.807, 2.05) is 50.2 Å². The number of likely N-dealkylation sites (N-methyl/N-ethyl adjacent to an activating group) is 1. The molecule has 0 aliphatic carbocycles. The van der Waals surface area contributed by atoms with Crippen molar-refractivity contribution >= 4 is 17.6 Å². The lowest BCUT2D eigenvalue weighted by molar-refractivity contribution is -0.138. The Morgan fingerprint density at radius 1 is 1.21 bits per heavy atom. The third kappa shape index (κ3) is 4.98. The third-order valence-corrected chi connectivity index (χ3v) is 4.08. The Kier molecular flexibility index (Phi) is 6.23. The number of aryl methyl sites for hydroxylation is 2. The average Bonchev–Trinajstić information content (AvgIpc) is 2.47. The summed E-state index contributed by atoms with van der Waals surface area (Å²) >= 11 is 6.16. The molecule has 0 spiro atoms. The summed E-state index contributed by atoms with van der Waals surface area (Å²) in [6.07, 6.45) is 0. The highest BCUT2D eigenvalue weighted by Gasteiger charge is 2.11. The van der Waals surface area contributed by atoms with E-state index in [9.17, 15) is 4.79 Å². The number of carboxylic acids is 1. The lowest BCUT2D eigenvalue weighted by Gasteiger charge is -2.18. The number of halogens is 1. The Labute approximate surface area is 147 Å². The van der Waals surface area contributed by atoms with Crippen LogP contribution in [0.25, 0.3) is 0 Å². The molecule has 2 rings (SSSR count). The van der Waals surface area contributed by atoms with Crippen LogP contribution in [0.15, 0.2) is 36.4 Å². The molecule has 0 aromatic heterocycles. The van der Waals surface area contributed by atoms with Crippen molar-refractivity contribution in [2.24, 2.45) is 0 Å². The molecule has 4 nitrogen and oxygen atoms in total. The van der Waals surface area contributed by atoms with Gasteiger partial charge >= 0.3 is 5.97 Å². The molecule has 0 unspecified atom stereocenters. The molecule has 0 radical (unpaired) electrons. The number of aliphatic carboxylic acids is 1. The summed E-state index contributed by atoms with van der Waals surface area (Å²) in [5, 5.41) is 9.54. The maximum Gasteiger partial charge on any atom is 0.317 e. The molecule has 0 fully saturated rings. The van der Waals surface area contributed by atoms with Crippen LogP contribution < -0.4 is 4.74 Å². The van der Waals surface area contributed by atoms with Crippen molar-refractivity contribution in [3.8, 4) is 5.75 Å². The van der Waals surface area contributed by atoms with Crippen molar-refractivity contribution in [1.29, 1.82) is 0 Å². The largest absolute Gasteiger partial charge is 0.488 e. The summed E-state index contributed by atoms with van der Waals surface area (Å²) in [5.41, 5.74) is 4.07. The monoisotopic (exact) mass is 347 g/mol. The molecule has 1 N–H and O–H groups in total. The van der Waals surface area contributed by atoms with Crippen LogP contribution in [0.4, 0.5) is 0 Å². The van der Waals surface area contributed by atoms with Gasteiger partial charge in [-0.15, -0.1) is 0 Å². The Bertz CT molecular complexity index is 707. The number of hydrogen-bond donors (Lipinski definition) is 1. The number of rotatable bonds is 7. The van der Waals surface area contributed by atoms with Crippen LogP contribution in [-0.4, -0.2) is 29.6 Å². The fourth-order valence-electron chi connectivity index (χ4n) is 2.72. The second kappa shape index (κ2) is 8.18. The van der Waals surface area contributed by atoms with E-state index in [1.54, 1.807) is 11.9 Å². The van der Waals surface area contributed by atoms with E-state index >= 15 is 0 Å². The first-order chi connectivity index (χ1) is 11.4. The van der Waals surface area contributed by atoms with Crippen molar-refractivity contribution in [2.45, 2.75) is 27.0 Å². The molecule has 0 aliphatic heterocycles. The standard InChI is InChI=1S/C19H22ClNO3/c1-13-8-15(10-21(3)11-18(22)23)9-14(2)19(13)24-12-16-6-4-5-7-17(16)20/h4-9H,10-12H2,1-3H3,(H,22,23). The van der Waals surface area contributed by atoms with Crippen molar-refractivity contribution < 1.29 is 14.6 Å². The molecule has 5 heteroatoms. The van der Waals surface area contributed by atoms with Crippen LogP contribution in [0.3, 0.4) is 0 Å². The minimum absolute atomic E-state index is 0.0167. The van der Waals surface area contributed by atoms with Gasteiger partial charge in [0.2, 0.25) is 0 Å². The quantitative estimate of drug-likeness (QED) is 0.820. The van der Waals surface area contributed by atoms with Gasteiger partial charge < -0.3 is 9.84 Å². The zero-order chi connectivity index (χ0) is 17.7. The molecule has 2 aromatic rings.